The van der Waals surface area contributed by atoms with Crippen LogP contribution in [0.25, 0.3) is 10.9 Å². The molecular formula is C25H39N5O3. The number of hydrogen-bond donors (Lipinski definition) is 1. The summed E-state index contributed by atoms with van der Waals surface area (Å²) in [6.45, 7) is 7.70. The van der Waals surface area contributed by atoms with Gasteiger partial charge >= 0.3 is 0 Å². The molecule has 1 aromatic carbocycles. The molecule has 182 valence electrons. The second kappa shape index (κ2) is 12.2. The predicted molar refractivity (Wildman–Crippen MR) is 133 cm³/mol. The van der Waals surface area contributed by atoms with E-state index in [4.69, 9.17) is 24.2 Å². The van der Waals surface area contributed by atoms with Gasteiger partial charge in [-0.05, 0) is 64.2 Å². The number of likely N-dealkylation sites (tertiary alicyclic amines) is 1. The van der Waals surface area contributed by atoms with Crippen molar-refractivity contribution in [3.05, 3.63) is 12.1 Å². The SMILES string of the molecule is COCCOc1cc2nc(N3CCCC3)nc(NCCCCCN3CCCC3)c2cc1OC. The molecule has 8 nitrogen and oxygen atoms in total. The molecule has 33 heavy (non-hydrogen) atoms. The molecule has 8 heteroatoms. The fraction of sp³-hybridized carbons (Fsp3) is 0.680. The van der Waals surface area contributed by atoms with Crippen LogP contribution in [0.3, 0.4) is 0 Å². The number of benzene rings is 1. The summed E-state index contributed by atoms with van der Waals surface area (Å²) in [5.41, 5.74) is 0.872. The zero-order valence-corrected chi connectivity index (χ0v) is 20.3. The normalized spacial score (nSPS) is 16.6. The fourth-order valence-corrected chi connectivity index (χ4v) is 4.68. The van der Waals surface area contributed by atoms with Crippen molar-refractivity contribution in [3.8, 4) is 11.5 Å². The van der Waals surface area contributed by atoms with Crippen LogP contribution in [0.1, 0.15) is 44.9 Å². The lowest BCUT2D eigenvalue weighted by Crippen LogP contribution is -2.21. The molecule has 1 aromatic heterocycles. The average molecular weight is 458 g/mol. The van der Waals surface area contributed by atoms with Crippen LogP contribution in [-0.2, 0) is 4.74 Å². The zero-order valence-electron chi connectivity index (χ0n) is 20.3. The van der Waals surface area contributed by atoms with Crippen LogP contribution in [0.4, 0.5) is 11.8 Å². The minimum absolute atomic E-state index is 0.463. The molecule has 0 saturated carbocycles. The molecule has 1 N–H and O–H groups in total. The van der Waals surface area contributed by atoms with Crippen molar-refractivity contribution in [2.75, 3.05) is 76.9 Å². The van der Waals surface area contributed by atoms with E-state index < -0.39 is 0 Å². The van der Waals surface area contributed by atoms with E-state index in [0.29, 0.717) is 24.7 Å². The Balaban J connectivity index is 1.47. The highest BCUT2D eigenvalue weighted by Crippen LogP contribution is 2.35. The summed E-state index contributed by atoms with van der Waals surface area (Å²) in [6, 6.07) is 3.95. The molecule has 2 aliphatic rings. The lowest BCUT2D eigenvalue weighted by atomic mass is 10.2. The molecule has 0 bridgehead atoms. The number of rotatable bonds is 13. The summed E-state index contributed by atoms with van der Waals surface area (Å²) < 4.78 is 16.6. The summed E-state index contributed by atoms with van der Waals surface area (Å²) in [5, 5.41) is 4.56. The van der Waals surface area contributed by atoms with E-state index in [2.05, 4.69) is 15.1 Å². The third kappa shape index (κ3) is 6.38. The second-order valence-electron chi connectivity index (χ2n) is 8.96. The quantitative estimate of drug-likeness (QED) is 0.454. The smallest absolute Gasteiger partial charge is 0.227 e. The Kier molecular flexibility index (Phi) is 8.83. The summed E-state index contributed by atoms with van der Waals surface area (Å²) in [6.07, 6.45) is 8.74. The number of fused-ring (bicyclic) bond motifs is 1. The molecule has 2 aliphatic heterocycles. The summed E-state index contributed by atoms with van der Waals surface area (Å²) in [4.78, 5) is 14.7. The largest absolute Gasteiger partial charge is 0.493 e. The van der Waals surface area contributed by atoms with Gasteiger partial charge in [-0.25, -0.2) is 4.98 Å². The van der Waals surface area contributed by atoms with Crippen LogP contribution in [0.5, 0.6) is 11.5 Å². The van der Waals surface area contributed by atoms with Gasteiger partial charge in [0.25, 0.3) is 0 Å². The van der Waals surface area contributed by atoms with Gasteiger partial charge in [0.1, 0.15) is 12.4 Å². The maximum atomic E-state index is 5.90. The van der Waals surface area contributed by atoms with E-state index >= 15 is 0 Å². The highest BCUT2D eigenvalue weighted by Gasteiger charge is 2.19. The van der Waals surface area contributed by atoms with E-state index in [1.807, 2.05) is 12.1 Å². The van der Waals surface area contributed by atoms with Gasteiger partial charge in [-0.15, -0.1) is 0 Å². The van der Waals surface area contributed by atoms with Crippen molar-refractivity contribution in [2.45, 2.75) is 44.9 Å². The highest BCUT2D eigenvalue weighted by atomic mass is 16.5. The van der Waals surface area contributed by atoms with Gasteiger partial charge in [0, 0.05) is 38.2 Å². The Morgan fingerprint density at radius 1 is 0.879 bits per heavy atom. The Labute approximate surface area is 197 Å². The molecule has 4 rings (SSSR count). The lowest BCUT2D eigenvalue weighted by Gasteiger charge is -2.19. The van der Waals surface area contributed by atoms with Crippen molar-refractivity contribution in [3.63, 3.8) is 0 Å². The molecule has 2 saturated heterocycles. The van der Waals surface area contributed by atoms with Gasteiger partial charge in [-0.1, -0.05) is 6.42 Å². The maximum absolute atomic E-state index is 5.90. The Morgan fingerprint density at radius 2 is 1.67 bits per heavy atom. The molecule has 2 aromatic rings. The van der Waals surface area contributed by atoms with Crippen molar-refractivity contribution in [1.82, 2.24) is 14.9 Å². The monoisotopic (exact) mass is 457 g/mol. The summed E-state index contributed by atoms with van der Waals surface area (Å²) in [5.74, 6) is 3.04. The predicted octanol–water partition coefficient (Wildman–Crippen LogP) is 3.94. The maximum Gasteiger partial charge on any atom is 0.227 e. The molecule has 0 spiro atoms. The summed E-state index contributed by atoms with van der Waals surface area (Å²) >= 11 is 0. The molecule has 0 aliphatic carbocycles. The Bertz CT molecular complexity index is 882. The number of aromatic nitrogens is 2. The van der Waals surface area contributed by atoms with Gasteiger partial charge in [0.15, 0.2) is 11.5 Å². The van der Waals surface area contributed by atoms with Crippen molar-refractivity contribution < 1.29 is 14.2 Å². The number of nitrogens with one attached hydrogen (secondary N) is 1. The molecule has 0 radical (unpaired) electrons. The molecule has 0 unspecified atom stereocenters. The number of methoxy groups -OCH3 is 2. The van der Waals surface area contributed by atoms with E-state index in [1.54, 1.807) is 14.2 Å². The first kappa shape index (κ1) is 23.8. The number of nitrogens with zero attached hydrogens (tertiary/aromatic N) is 4. The van der Waals surface area contributed by atoms with E-state index in [1.165, 1.54) is 58.2 Å². The van der Waals surface area contributed by atoms with Crippen molar-refractivity contribution >= 4 is 22.7 Å². The summed E-state index contributed by atoms with van der Waals surface area (Å²) in [7, 11) is 3.33. The molecular weight excluding hydrogens is 418 g/mol. The molecule has 2 fully saturated rings. The van der Waals surface area contributed by atoms with E-state index in [0.717, 1.165) is 48.7 Å². The van der Waals surface area contributed by atoms with Crippen molar-refractivity contribution in [2.24, 2.45) is 0 Å². The van der Waals surface area contributed by atoms with Crippen molar-refractivity contribution in [1.29, 1.82) is 0 Å². The van der Waals surface area contributed by atoms with Crippen LogP contribution >= 0.6 is 0 Å². The topological polar surface area (TPSA) is 72.0 Å². The minimum atomic E-state index is 0.463. The first-order chi connectivity index (χ1) is 16.3. The van der Waals surface area contributed by atoms with Gasteiger partial charge < -0.3 is 29.3 Å². The molecule has 0 atom stereocenters. The minimum Gasteiger partial charge on any atom is -0.493 e. The fourth-order valence-electron chi connectivity index (χ4n) is 4.68. The van der Waals surface area contributed by atoms with Gasteiger partial charge in [0.2, 0.25) is 5.95 Å². The first-order valence-electron chi connectivity index (χ1n) is 12.5. The van der Waals surface area contributed by atoms with Gasteiger partial charge in [-0.2, -0.15) is 4.98 Å². The standard InChI is InChI=1S/C25H39N5O3/c1-31-16-17-33-23-19-21-20(18-22(23)32-2)24(28-25(27-21)30-14-8-9-15-30)26-10-4-3-5-11-29-12-6-7-13-29/h18-19H,3-17H2,1-2H3,(H,26,27,28). The molecule has 3 heterocycles. The van der Waals surface area contributed by atoms with E-state index in [-0.39, 0.29) is 0 Å². The number of hydrogen-bond acceptors (Lipinski definition) is 8. The third-order valence-electron chi connectivity index (χ3n) is 6.55. The van der Waals surface area contributed by atoms with Crippen LogP contribution in [0.2, 0.25) is 0 Å². The zero-order chi connectivity index (χ0) is 22.9. The third-order valence-corrected chi connectivity index (χ3v) is 6.55. The Morgan fingerprint density at radius 3 is 2.42 bits per heavy atom. The highest BCUT2D eigenvalue weighted by molar-refractivity contribution is 5.92. The van der Waals surface area contributed by atoms with Crippen LogP contribution < -0.4 is 19.7 Å². The lowest BCUT2D eigenvalue weighted by molar-refractivity contribution is 0.144. The van der Waals surface area contributed by atoms with Crippen LogP contribution in [0, 0.1) is 0 Å². The Hall–Kier alpha value is -2.32. The molecule has 0 amide bonds. The number of ether oxygens (including phenoxy) is 3. The van der Waals surface area contributed by atoms with Crippen LogP contribution in [0.15, 0.2) is 12.1 Å². The van der Waals surface area contributed by atoms with Gasteiger partial charge in [0.05, 0.1) is 19.2 Å². The van der Waals surface area contributed by atoms with E-state index in [9.17, 15) is 0 Å². The second-order valence-corrected chi connectivity index (χ2v) is 8.96. The number of anilines is 2. The average Bonchev–Trinajstić information content (AvgIpc) is 3.55. The first-order valence-corrected chi connectivity index (χ1v) is 12.5. The van der Waals surface area contributed by atoms with Crippen LogP contribution in [-0.4, -0.2) is 81.6 Å². The number of unbranched alkanes of at least 4 members (excludes halogenated alkanes) is 2. The van der Waals surface area contributed by atoms with Gasteiger partial charge in [-0.3, -0.25) is 0 Å².